The zero-order chi connectivity index (χ0) is 15.0. The smallest absolute Gasteiger partial charge is 0.335 e. The summed E-state index contributed by atoms with van der Waals surface area (Å²) >= 11 is 0. The van der Waals surface area contributed by atoms with Crippen LogP contribution < -0.4 is 10.6 Å². The summed E-state index contributed by atoms with van der Waals surface area (Å²) in [6.07, 6.45) is 0.351. The van der Waals surface area contributed by atoms with Crippen molar-refractivity contribution in [2.45, 2.75) is 13.3 Å². The topological polar surface area (TPSA) is 87.7 Å². The monoisotopic (exact) mass is 280 g/mol. The Balaban J connectivity index is 2.37. The molecule has 0 unspecified atom stereocenters. The van der Waals surface area contributed by atoms with Crippen molar-refractivity contribution < 1.29 is 19.4 Å². The van der Waals surface area contributed by atoms with Crippen LogP contribution in [0.4, 0.5) is 5.69 Å². The second-order valence-corrected chi connectivity index (χ2v) is 4.35. The number of amides is 1. The van der Waals surface area contributed by atoms with Gasteiger partial charge >= 0.3 is 5.97 Å². The second kappa shape index (κ2) is 8.16. The lowest BCUT2D eigenvalue weighted by atomic mass is 10.1. The standard InChI is InChI=1S/C14H20N2O4/c1-10-9-11(3-4-12(10)14(18)19)15-6-5-13(17)16-7-8-20-2/h3-4,9,15H,5-8H2,1-2H3,(H,16,17)(H,18,19). The van der Waals surface area contributed by atoms with Gasteiger partial charge in [0.25, 0.3) is 0 Å². The number of carboxylic acid groups (broad SMARTS) is 1. The Morgan fingerprint density at radius 3 is 2.65 bits per heavy atom. The number of hydrogen-bond donors (Lipinski definition) is 3. The van der Waals surface area contributed by atoms with Gasteiger partial charge in [-0.1, -0.05) is 0 Å². The van der Waals surface area contributed by atoms with Crippen LogP contribution in [0.5, 0.6) is 0 Å². The lowest BCUT2D eigenvalue weighted by Crippen LogP contribution is -2.28. The molecule has 0 atom stereocenters. The van der Waals surface area contributed by atoms with Crippen molar-refractivity contribution in [3.63, 3.8) is 0 Å². The lowest BCUT2D eigenvalue weighted by Gasteiger charge is -2.09. The first-order valence-corrected chi connectivity index (χ1v) is 6.38. The predicted octanol–water partition coefficient (Wildman–Crippen LogP) is 1.26. The number of nitrogens with one attached hydrogen (secondary N) is 2. The molecule has 6 nitrogen and oxygen atoms in total. The van der Waals surface area contributed by atoms with Crippen molar-refractivity contribution in [1.82, 2.24) is 5.32 Å². The number of rotatable bonds is 8. The van der Waals surface area contributed by atoms with E-state index in [1.54, 1.807) is 32.2 Å². The van der Waals surface area contributed by atoms with Gasteiger partial charge in [-0.05, 0) is 30.7 Å². The van der Waals surface area contributed by atoms with Crippen LogP contribution in [-0.2, 0) is 9.53 Å². The van der Waals surface area contributed by atoms with E-state index in [2.05, 4.69) is 10.6 Å². The van der Waals surface area contributed by atoms with Gasteiger partial charge in [0, 0.05) is 32.3 Å². The molecule has 0 spiro atoms. The van der Waals surface area contributed by atoms with Crippen LogP contribution in [0.2, 0.25) is 0 Å². The van der Waals surface area contributed by atoms with Gasteiger partial charge in [0.05, 0.1) is 12.2 Å². The Kier molecular flexibility index (Phi) is 6.52. The molecule has 1 amide bonds. The number of ether oxygens (including phenoxy) is 1. The largest absolute Gasteiger partial charge is 0.478 e. The minimum atomic E-state index is -0.938. The van der Waals surface area contributed by atoms with Crippen LogP contribution in [-0.4, -0.2) is 43.8 Å². The number of carboxylic acids is 1. The fourth-order valence-corrected chi connectivity index (χ4v) is 1.71. The molecule has 0 radical (unpaired) electrons. The normalized spacial score (nSPS) is 10.1. The molecule has 0 aliphatic rings. The summed E-state index contributed by atoms with van der Waals surface area (Å²) in [5, 5.41) is 14.7. The quantitative estimate of drug-likeness (QED) is 0.624. The third kappa shape index (κ3) is 5.27. The number of methoxy groups -OCH3 is 1. The third-order valence-corrected chi connectivity index (χ3v) is 2.77. The molecule has 110 valence electrons. The molecular formula is C14H20N2O4. The number of aromatic carboxylic acids is 1. The molecule has 3 N–H and O–H groups in total. The van der Waals surface area contributed by atoms with Gasteiger partial charge in [-0.15, -0.1) is 0 Å². The Bertz CT molecular complexity index is 474. The van der Waals surface area contributed by atoms with Gasteiger partial charge in [0.15, 0.2) is 0 Å². The summed E-state index contributed by atoms with van der Waals surface area (Å²) in [4.78, 5) is 22.3. The van der Waals surface area contributed by atoms with E-state index in [1.807, 2.05) is 0 Å². The Morgan fingerprint density at radius 1 is 1.30 bits per heavy atom. The van der Waals surface area contributed by atoms with Crippen molar-refractivity contribution >= 4 is 17.6 Å². The highest BCUT2D eigenvalue weighted by Crippen LogP contribution is 2.15. The van der Waals surface area contributed by atoms with E-state index < -0.39 is 5.97 Å². The van der Waals surface area contributed by atoms with Crippen molar-refractivity contribution in [2.24, 2.45) is 0 Å². The van der Waals surface area contributed by atoms with Crippen LogP contribution in [0, 0.1) is 6.92 Å². The third-order valence-electron chi connectivity index (χ3n) is 2.77. The summed E-state index contributed by atoms with van der Waals surface area (Å²) in [5.41, 5.74) is 1.78. The minimum Gasteiger partial charge on any atom is -0.478 e. The van der Waals surface area contributed by atoms with Crippen LogP contribution in [0.1, 0.15) is 22.3 Å². The number of aryl methyl sites for hydroxylation is 1. The van der Waals surface area contributed by atoms with E-state index in [0.29, 0.717) is 31.7 Å². The maximum atomic E-state index is 11.4. The van der Waals surface area contributed by atoms with Gasteiger partial charge in [0.2, 0.25) is 5.91 Å². The van der Waals surface area contributed by atoms with Gasteiger partial charge in [0.1, 0.15) is 0 Å². The molecule has 0 heterocycles. The minimum absolute atomic E-state index is 0.0478. The summed E-state index contributed by atoms with van der Waals surface area (Å²) in [6.45, 7) is 3.23. The maximum absolute atomic E-state index is 11.4. The van der Waals surface area contributed by atoms with Crippen molar-refractivity contribution in [2.75, 3.05) is 32.1 Å². The molecular weight excluding hydrogens is 260 g/mol. The average molecular weight is 280 g/mol. The lowest BCUT2D eigenvalue weighted by molar-refractivity contribution is -0.121. The van der Waals surface area contributed by atoms with Gasteiger partial charge < -0.3 is 20.5 Å². The average Bonchev–Trinajstić information content (AvgIpc) is 2.38. The zero-order valence-electron chi connectivity index (χ0n) is 11.7. The van der Waals surface area contributed by atoms with Gasteiger partial charge in [-0.25, -0.2) is 4.79 Å². The van der Waals surface area contributed by atoms with E-state index in [0.717, 1.165) is 5.69 Å². The molecule has 0 saturated carbocycles. The Labute approximate surface area is 118 Å². The molecule has 0 aromatic heterocycles. The van der Waals surface area contributed by atoms with Crippen LogP contribution >= 0.6 is 0 Å². The Hall–Kier alpha value is -2.08. The van der Waals surface area contributed by atoms with E-state index in [-0.39, 0.29) is 11.5 Å². The predicted molar refractivity (Wildman–Crippen MR) is 76.1 cm³/mol. The molecule has 1 aromatic rings. The first-order chi connectivity index (χ1) is 9.54. The summed E-state index contributed by atoms with van der Waals surface area (Å²) in [6, 6.07) is 5.00. The fraction of sp³-hybridized carbons (Fsp3) is 0.429. The van der Waals surface area contributed by atoms with Crippen LogP contribution in [0.25, 0.3) is 0 Å². The zero-order valence-corrected chi connectivity index (χ0v) is 11.7. The highest BCUT2D eigenvalue weighted by molar-refractivity contribution is 5.89. The Morgan fingerprint density at radius 2 is 2.05 bits per heavy atom. The highest BCUT2D eigenvalue weighted by Gasteiger charge is 2.07. The first kappa shape index (κ1) is 16.0. The number of benzene rings is 1. The van der Waals surface area contributed by atoms with Crippen molar-refractivity contribution in [3.8, 4) is 0 Å². The van der Waals surface area contributed by atoms with Gasteiger partial charge in [-0.2, -0.15) is 0 Å². The van der Waals surface area contributed by atoms with E-state index in [9.17, 15) is 9.59 Å². The molecule has 6 heteroatoms. The number of carbonyl (C=O) groups excluding carboxylic acids is 1. The molecule has 1 aromatic carbocycles. The number of anilines is 1. The van der Waals surface area contributed by atoms with Crippen LogP contribution in [0.3, 0.4) is 0 Å². The molecule has 0 aliphatic heterocycles. The molecule has 0 fully saturated rings. The molecule has 20 heavy (non-hydrogen) atoms. The second-order valence-electron chi connectivity index (χ2n) is 4.35. The summed E-state index contributed by atoms with van der Waals surface area (Å²) in [7, 11) is 1.58. The molecule has 0 bridgehead atoms. The van der Waals surface area contributed by atoms with Crippen molar-refractivity contribution in [1.29, 1.82) is 0 Å². The SMILES string of the molecule is COCCNC(=O)CCNc1ccc(C(=O)O)c(C)c1. The maximum Gasteiger partial charge on any atom is 0.335 e. The fourth-order valence-electron chi connectivity index (χ4n) is 1.71. The van der Waals surface area contributed by atoms with Gasteiger partial charge in [-0.3, -0.25) is 4.79 Å². The molecule has 1 rings (SSSR count). The summed E-state index contributed by atoms with van der Waals surface area (Å²) in [5.74, 6) is -0.986. The number of hydrogen-bond acceptors (Lipinski definition) is 4. The molecule has 0 saturated heterocycles. The van der Waals surface area contributed by atoms with Crippen LogP contribution in [0.15, 0.2) is 18.2 Å². The number of carbonyl (C=O) groups is 2. The summed E-state index contributed by atoms with van der Waals surface area (Å²) < 4.78 is 4.83. The van der Waals surface area contributed by atoms with E-state index >= 15 is 0 Å². The first-order valence-electron chi connectivity index (χ1n) is 6.38. The van der Waals surface area contributed by atoms with E-state index in [4.69, 9.17) is 9.84 Å². The molecule has 0 aliphatic carbocycles. The van der Waals surface area contributed by atoms with Crippen molar-refractivity contribution in [3.05, 3.63) is 29.3 Å². The highest BCUT2D eigenvalue weighted by atomic mass is 16.5. The van der Waals surface area contributed by atoms with E-state index in [1.165, 1.54) is 0 Å².